The standard InChI is InChI=1S/C25H25N5O2.C8H14.C2H6.K/c1-3-30(22(17-10-6-4-7-11-17)18-12-8-5-9-13-18)25(27)29-23(26)20-15-14-19(24(31)32)16-21(20)28-2;1-4-6-7-8(3)5-2;1-2;/h3-16,22H,1H2,2H3,(H5,26,27,28,29,31,32);4H,1,3,5-7H2,2H3;1-2H3;/q;;;+1/p-1. The molecule has 4 N–H and O–H groups in total. The zero-order valence-corrected chi connectivity index (χ0v) is 29.4. The topological polar surface area (TPSA) is 114 Å². The molecule has 0 aliphatic rings. The van der Waals surface area contributed by atoms with Crippen LogP contribution in [0, 0.1) is 10.8 Å². The van der Waals surface area contributed by atoms with E-state index in [1.165, 1.54) is 30.0 Å². The van der Waals surface area contributed by atoms with Crippen LogP contribution in [0.2, 0.25) is 0 Å². The predicted molar refractivity (Wildman–Crippen MR) is 178 cm³/mol. The maximum absolute atomic E-state index is 11.2. The van der Waals surface area contributed by atoms with E-state index in [0.29, 0.717) is 11.3 Å². The minimum absolute atomic E-state index is 0. The van der Waals surface area contributed by atoms with Gasteiger partial charge < -0.3 is 31.5 Å². The Labute approximate surface area is 300 Å². The summed E-state index contributed by atoms with van der Waals surface area (Å²) >= 11 is 0. The Morgan fingerprint density at radius 1 is 1.00 bits per heavy atom. The summed E-state index contributed by atoms with van der Waals surface area (Å²) in [4.78, 5) is 12.8. The van der Waals surface area contributed by atoms with Crippen molar-refractivity contribution in [2.75, 3.05) is 12.4 Å². The first kappa shape index (κ1) is 39.7. The quantitative estimate of drug-likeness (QED) is 0.0896. The third-order valence-corrected chi connectivity index (χ3v) is 6.16. The van der Waals surface area contributed by atoms with Gasteiger partial charge in [-0.05, 0) is 48.7 Å². The molecular weight excluding hydrogens is 562 g/mol. The smallest absolute Gasteiger partial charge is 0.478 e. The van der Waals surface area contributed by atoms with Crippen molar-refractivity contribution in [1.29, 1.82) is 10.8 Å². The van der Waals surface area contributed by atoms with Crippen LogP contribution in [-0.4, -0.2) is 34.8 Å². The van der Waals surface area contributed by atoms with Crippen LogP contribution in [0.1, 0.15) is 73.1 Å². The van der Waals surface area contributed by atoms with E-state index in [1.807, 2.05) is 80.6 Å². The number of carbonyl (C=O) groups is 1. The number of carboxylic acids is 1. The number of guanidine groups is 1. The second kappa shape index (κ2) is 22.3. The first-order chi connectivity index (χ1) is 20.3. The van der Waals surface area contributed by atoms with Crippen LogP contribution in [0.4, 0.5) is 5.69 Å². The van der Waals surface area contributed by atoms with E-state index in [1.54, 1.807) is 11.9 Å². The van der Waals surface area contributed by atoms with Crippen molar-refractivity contribution in [2.45, 2.75) is 46.1 Å². The number of anilines is 1. The summed E-state index contributed by atoms with van der Waals surface area (Å²) in [6.07, 6.45) is 6.75. The molecule has 0 aliphatic heterocycles. The normalized spacial score (nSPS) is 9.42. The fourth-order valence-corrected chi connectivity index (χ4v) is 3.90. The molecule has 3 rings (SSSR count). The number of hydrogen-bond acceptors (Lipinski definition) is 4. The monoisotopic (exact) mass is 605 g/mol. The van der Waals surface area contributed by atoms with Gasteiger partial charge in [0.05, 0.1) is 17.6 Å². The van der Waals surface area contributed by atoms with Crippen molar-refractivity contribution in [3.63, 3.8) is 0 Å². The summed E-state index contributed by atoms with van der Waals surface area (Å²) in [6.45, 7) is 17.5. The average Bonchev–Trinajstić information content (AvgIpc) is 3.03. The van der Waals surface area contributed by atoms with Crippen molar-refractivity contribution >= 4 is 23.5 Å². The summed E-state index contributed by atoms with van der Waals surface area (Å²) < 4.78 is 0. The summed E-state index contributed by atoms with van der Waals surface area (Å²) in [5.74, 6) is -1.38. The Bertz CT molecular complexity index is 1290. The molecule has 0 bridgehead atoms. The molecule has 0 unspecified atom stereocenters. The average molecular weight is 606 g/mol. The molecule has 0 atom stereocenters. The van der Waals surface area contributed by atoms with E-state index in [4.69, 9.17) is 10.8 Å². The van der Waals surface area contributed by atoms with Crippen LogP contribution >= 0.6 is 0 Å². The molecule has 0 aromatic heterocycles. The van der Waals surface area contributed by atoms with Crippen molar-refractivity contribution in [2.24, 2.45) is 0 Å². The number of amidine groups is 1. The van der Waals surface area contributed by atoms with E-state index in [9.17, 15) is 9.90 Å². The van der Waals surface area contributed by atoms with Crippen LogP contribution in [0.25, 0.3) is 5.32 Å². The van der Waals surface area contributed by atoms with Gasteiger partial charge in [0.1, 0.15) is 0 Å². The Morgan fingerprint density at radius 3 is 1.95 bits per heavy atom. The van der Waals surface area contributed by atoms with Crippen LogP contribution in [0.3, 0.4) is 0 Å². The minimum atomic E-state index is -1.06. The Hall–Kier alpha value is -3.27. The maximum Gasteiger partial charge on any atom is 1.00 e. The second-order valence-corrected chi connectivity index (χ2v) is 8.84. The van der Waals surface area contributed by atoms with E-state index in [-0.39, 0.29) is 74.8 Å². The molecule has 7 nitrogen and oxygen atoms in total. The van der Waals surface area contributed by atoms with Crippen LogP contribution in [0.15, 0.2) is 116 Å². The number of rotatable bonds is 11. The molecule has 0 saturated heterocycles. The molecule has 0 fully saturated rings. The third kappa shape index (κ3) is 12.9. The number of aromatic carboxylic acids is 1. The van der Waals surface area contributed by atoms with Crippen molar-refractivity contribution < 1.29 is 61.3 Å². The molecule has 3 aromatic carbocycles. The van der Waals surface area contributed by atoms with Crippen LogP contribution < -0.4 is 56.7 Å². The number of benzene rings is 3. The van der Waals surface area contributed by atoms with Gasteiger partial charge in [-0.1, -0.05) is 112 Å². The van der Waals surface area contributed by atoms with Crippen molar-refractivity contribution in [3.05, 3.63) is 144 Å². The molecule has 0 spiro atoms. The summed E-state index contributed by atoms with van der Waals surface area (Å²) in [7, 11) is 1.64. The molecule has 0 heterocycles. The zero-order chi connectivity index (χ0) is 31.5. The van der Waals surface area contributed by atoms with E-state index < -0.39 is 5.97 Å². The maximum atomic E-state index is 11.2. The first-order valence-corrected chi connectivity index (χ1v) is 14.0. The van der Waals surface area contributed by atoms with Crippen molar-refractivity contribution in [3.8, 4) is 0 Å². The van der Waals surface area contributed by atoms with Gasteiger partial charge in [0.15, 0.2) is 0 Å². The largest absolute Gasteiger partial charge is 1.00 e. The molecule has 0 saturated carbocycles. The van der Waals surface area contributed by atoms with Crippen LogP contribution in [-0.2, 0) is 0 Å². The Balaban J connectivity index is 0.00000139. The molecule has 222 valence electrons. The van der Waals surface area contributed by atoms with Crippen LogP contribution in [0.5, 0.6) is 0 Å². The van der Waals surface area contributed by atoms with E-state index in [0.717, 1.165) is 30.4 Å². The zero-order valence-electron chi connectivity index (χ0n) is 26.2. The predicted octanol–water partition coefficient (Wildman–Crippen LogP) is 6.24. The number of nitrogens with one attached hydrogen (secondary N) is 3. The van der Waals surface area contributed by atoms with Gasteiger partial charge >= 0.3 is 57.4 Å². The number of hydrogen-bond donors (Lipinski definition) is 4. The van der Waals surface area contributed by atoms with E-state index >= 15 is 0 Å². The van der Waals surface area contributed by atoms with Crippen molar-refractivity contribution in [1.82, 2.24) is 4.90 Å². The molecule has 43 heavy (non-hydrogen) atoms. The Kier molecular flexibility index (Phi) is 20.6. The van der Waals surface area contributed by atoms with Gasteiger partial charge in [-0.3, -0.25) is 0 Å². The first-order valence-electron chi connectivity index (χ1n) is 14.0. The van der Waals surface area contributed by atoms with Gasteiger partial charge in [-0.15, -0.1) is 6.58 Å². The van der Waals surface area contributed by atoms with Gasteiger partial charge in [-0.2, -0.15) is 0 Å². The number of allylic oxidation sites excluding steroid dienone is 2. The fourth-order valence-electron chi connectivity index (χ4n) is 3.90. The summed E-state index contributed by atoms with van der Waals surface area (Å²) in [5, 5.41) is 33.4. The summed E-state index contributed by atoms with van der Waals surface area (Å²) in [5.41, 5.74) is 4.16. The van der Waals surface area contributed by atoms with Gasteiger partial charge in [0.25, 0.3) is 0 Å². The number of nitrogens with zero attached hydrogens (tertiary/aromatic N) is 2. The fraction of sp³-hybridized carbons (Fsp3) is 0.229. The van der Waals surface area contributed by atoms with Gasteiger partial charge in [-0.25, -0.2) is 4.79 Å². The number of carboxylic acid groups (broad SMARTS) is 1. The second-order valence-electron chi connectivity index (χ2n) is 8.84. The molecule has 0 radical (unpaired) electrons. The molecule has 0 aliphatic carbocycles. The van der Waals surface area contributed by atoms with Gasteiger partial charge in [0.2, 0.25) is 0 Å². The van der Waals surface area contributed by atoms with E-state index in [2.05, 4.69) is 37.3 Å². The van der Waals surface area contributed by atoms with Gasteiger partial charge in [0, 0.05) is 24.1 Å². The third-order valence-electron chi connectivity index (χ3n) is 6.16. The molecule has 3 aromatic rings. The minimum Gasteiger partial charge on any atom is -0.478 e. The Morgan fingerprint density at radius 2 is 1.53 bits per heavy atom. The SMILES string of the molecule is C=CCCC(=C)CC.C=CN(C(=N)[N-]C(=N)c1ccc(C(=O)O)cc1NC)C(c1ccccc1)c1ccccc1.CC.[K+]. The molecule has 0 amide bonds. The molecular formula is C35H44KN5O2. The molecule has 8 heteroatoms. The summed E-state index contributed by atoms with van der Waals surface area (Å²) in [6, 6.07) is 23.5.